The summed E-state index contributed by atoms with van der Waals surface area (Å²) in [5.74, 6) is 1.56. The minimum atomic E-state index is -0.135. The summed E-state index contributed by atoms with van der Waals surface area (Å²) < 4.78 is 5.70. The van der Waals surface area contributed by atoms with Crippen LogP contribution in [-0.4, -0.2) is 20.2 Å². The van der Waals surface area contributed by atoms with Gasteiger partial charge in [-0.25, -0.2) is 4.98 Å². The van der Waals surface area contributed by atoms with Crippen molar-refractivity contribution in [1.82, 2.24) is 20.2 Å². The molecule has 0 saturated carbocycles. The van der Waals surface area contributed by atoms with Gasteiger partial charge in [0.25, 0.3) is 16.7 Å². The maximum atomic E-state index is 12.2. The van der Waals surface area contributed by atoms with Crippen molar-refractivity contribution in [3.05, 3.63) is 57.0 Å². The summed E-state index contributed by atoms with van der Waals surface area (Å²) in [6.07, 6.45) is 0. The Hall–Kier alpha value is -2.45. The molecule has 0 aliphatic rings. The molecule has 4 rings (SSSR count). The molecule has 3 heterocycles. The zero-order valence-electron chi connectivity index (χ0n) is 13.6. The smallest absolute Gasteiger partial charge is 0.277 e. The monoisotopic (exact) mass is 370 g/mol. The first-order valence-electron chi connectivity index (χ1n) is 7.61. The molecule has 126 valence electrons. The van der Waals surface area contributed by atoms with Crippen LogP contribution in [-0.2, 0) is 5.75 Å². The molecule has 0 aliphatic heterocycles. The molecule has 1 N–H and O–H groups in total. The molecule has 1 aromatic carbocycles. The minimum absolute atomic E-state index is 0.135. The van der Waals surface area contributed by atoms with E-state index in [1.54, 1.807) is 17.4 Å². The summed E-state index contributed by atoms with van der Waals surface area (Å²) in [6, 6.07) is 7.59. The predicted octanol–water partition coefficient (Wildman–Crippen LogP) is 3.94. The van der Waals surface area contributed by atoms with Gasteiger partial charge in [0.15, 0.2) is 0 Å². The molecule has 0 spiro atoms. The summed E-state index contributed by atoms with van der Waals surface area (Å²) in [5, 5.41) is 11.2. The second-order valence-electron chi connectivity index (χ2n) is 5.58. The highest BCUT2D eigenvalue weighted by Crippen LogP contribution is 2.30. The van der Waals surface area contributed by atoms with Crippen molar-refractivity contribution >= 4 is 34.0 Å². The molecule has 8 heteroatoms. The Balaban J connectivity index is 1.57. The number of rotatable bonds is 4. The van der Waals surface area contributed by atoms with Gasteiger partial charge in [0.05, 0.1) is 21.5 Å². The summed E-state index contributed by atoms with van der Waals surface area (Å²) in [5.41, 5.74) is 2.68. The summed E-state index contributed by atoms with van der Waals surface area (Å²) in [6.45, 7) is 3.95. The van der Waals surface area contributed by atoms with E-state index >= 15 is 0 Å². The molecule has 4 aromatic rings. The highest BCUT2D eigenvalue weighted by atomic mass is 32.2. The zero-order chi connectivity index (χ0) is 17.4. The van der Waals surface area contributed by atoms with Crippen LogP contribution in [0.2, 0.25) is 0 Å². The fourth-order valence-corrected chi connectivity index (χ4v) is 3.98. The van der Waals surface area contributed by atoms with Gasteiger partial charge in [0, 0.05) is 0 Å². The molecule has 0 saturated heterocycles. The van der Waals surface area contributed by atoms with Crippen LogP contribution in [0.15, 0.2) is 44.1 Å². The summed E-state index contributed by atoms with van der Waals surface area (Å²) in [4.78, 5) is 20.6. The quantitative estimate of drug-likeness (QED) is 0.548. The number of fused-ring (bicyclic) bond motifs is 1. The molecule has 6 nitrogen and oxygen atoms in total. The largest absolute Gasteiger partial charge is 0.410 e. The van der Waals surface area contributed by atoms with Gasteiger partial charge < -0.3 is 9.40 Å². The molecule has 0 unspecified atom stereocenters. The highest BCUT2D eigenvalue weighted by Gasteiger charge is 2.13. The third-order valence-electron chi connectivity index (χ3n) is 3.78. The predicted molar refractivity (Wildman–Crippen MR) is 99.0 cm³/mol. The van der Waals surface area contributed by atoms with Crippen LogP contribution >= 0.6 is 23.1 Å². The average Bonchev–Trinajstić information content (AvgIpc) is 3.22. The van der Waals surface area contributed by atoms with Gasteiger partial charge in [-0.15, -0.1) is 21.5 Å². The number of aromatic nitrogens is 4. The first-order valence-corrected chi connectivity index (χ1v) is 9.47. The second kappa shape index (κ2) is 6.45. The number of hydrogen-bond acceptors (Lipinski definition) is 7. The first kappa shape index (κ1) is 16.0. The van der Waals surface area contributed by atoms with Crippen LogP contribution in [0.5, 0.6) is 0 Å². The molecule has 0 atom stereocenters. The number of nitrogens with zero attached hydrogens (tertiary/aromatic N) is 3. The van der Waals surface area contributed by atoms with E-state index in [-0.39, 0.29) is 5.56 Å². The van der Waals surface area contributed by atoms with Gasteiger partial charge in [-0.2, -0.15) is 0 Å². The van der Waals surface area contributed by atoms with Gasteiger partial charge in [0.2, 0.25) is 0 Å². The van der Waals surface area contributed by atoms with Crippen molar-refractivity contribution in [1.29, 1.82) is 0 Å². The van der Waals surface area contributed by atoms with Gasteiger partial charge in [-0.3, -0.25) is 4.79 Å². The molecule has 0 amide bonds. The maximum absolute atomic E-state index is 12.2. The lowest BCUT2D eigenvalue weighted by Crippen LogP contribution is -2.11. The van der Waals surface area contributed by atoms with Crippen LogP contribution in [0, 0.1) is 13.8 Å². The molecule has 0 aliphatic carbocycles. The van der Waals surface area contributed by atoms with E-state index in [1.807, 2.05) is 37.4 Å². The van der Waals surface area contributed by atoms with Crippen molar-refractivity contribution in [2.45, 2.75) is 24.8 Å². The fourth-order valence-electron chi connectivity index (χ4n) is 2.50. The van der Waals surface area contributed by atoms with E-state index in [2.05, 4.69) is 20.2 Å². The van der Waals surface area contributed by atoms with Crippen LogP contribution in [0.4, 0.5) is 0 Å². The number of thiophene rings is 1. The molecule has 0 fully saturated rings. The van der Waals surface area contributed by atoms with Gasteiger partial charge in [-0.05, 0) is 42.5 Å². The Kier molecular flexibility index (Phi) is 4.14. The van der Waals surface area contributed by atoms with Crippen molar-refractivity contribution < 1.29 is 4.42 Å². The number of para-hydroxylation sites is 1. The van der Waals surface area contributed by atoms with Crippen LogP contribution in [0.3, 0.4) is 0 Å². The van der Waals surface area contributed by atoms with Crippen LogP contribution in [0.1, 0.15) is 17.0 Å². The van der Waals surface area contributed by atoms with Crippen molar-refractivity contribution in [3.63, 3.8) is 0 Å². The lowest BCUT2D eigenvalue weighted by Gasteiger charge is -2.03. The Morgan fingerprint density at radius 1 is 1.20 bits per heavy atom. The number of aryl methyl sites for hydroxylation is 2. The first-order chi connectivity index (χ1) is 12.1. The number of benzene rings is 1. The Bertz CT molecular complexity index is 1110. The maximum Gasteiger partial charge on any atom is 0.277 e. The van der Waals surface area contributed by atoms with E-state index < -0.39 is 0 Å². The standard InChI is InChI=1S/C17H14N4O2S2/c1-9-4-3-5-11-13(9)18-12(19-15(11)22)8-25-17-21-20-16(23-17)14-10(2)6-7-24-14/h3-7H,8H2,1-2H3,(H,18,19,22). The molecule has 0 bridgehead atoms. The minimum Gasteiger partial charge on any atom is -0.410 e. The van der Waals surface area contributed by atoms with Crippen molar-refractivity contribution in [3.8, 4) is 10.8 Å². The van der Waals surface area contributed by atoms with E-state index in [4.69, 9.17) is 4.42 Å². The number of nitrogens with one attached hydrogen (secondary N) is 1. The Morgan fingerprint density at radius 2 is 2.08 bits per heavy atom. The molecule has 0 radical (unpaired) electrons. The summed E-state index contributed by atoms with van der Waals surface area (Å²) in [7, 11) is 0. The van der Waals surface area contributed by atoms with E-state index in [0.29, 0.717) is 28.1 Å². The number of hydrogen-bond donors (Lipinski definition) is 1. The topological polar surface area (TPSA) is 84.7 Å². The Labute approximate surface area is 151 Å². The number of aromatic amines is 1. The van der Waals surface area contributed by atoms with Gasteiger partial charge >= 0.3 is 0 Å². The molecular formula is C17H14N4O2S2. The van der Waals surface area contributed by atoms with Gasteiger partial charge in [-0.1, -0.05) is 23.9 Å². The summed E-state index contributed by atoms with van der Waals surface area (Å²) >= 11 is 2.92. The SMILES string of the molecule is Cc1ccsc1-c1nnc(SCc2nc3c(C)cccc3c(=O)[nH]2)o1. The van der Waals surface area contributed by atoms with E-state index in [0.717, 1.165) is 21.5 Å². The lowest BCUT2D eigenvalue weighted by atomic mass is 10.1. The van der Waals surface area contributed by atoms with Crippen molar-refractivity contribution in [2.24, 2.45) is 0 Å². The van der Waals surface area contributed by atoms with Crippen LogP contribution < -0.4 is 5.56 Å². The van der Waals surface area contributed by atoms with E-state index in [1.165, 1.54) is 11.8 Å². The normalized spacial score (nSPS) is 11.3. The number of H-pyrrole nitrogens is 1. The van der Waals surface area contributed by atoms with Gasteiger partial charge in [0.1, 0.15) is 5.82 Å². The Morgan fingerprint density at radius 3 is 2.88 bits per heavy atom. The van der Waals surface area contributed by atoms with E-state index in [9.17, 15) is 4.79 Å². The molecule has 25 heavy (non-hydrogen) atoms. The van der Waals surface area contributed by atoms with Crippen molar-refractivity contribution in [2.75, 3.05) is 0 Å². The third-order valence-corrected chi connectivity index (χ3v) is 5.62. The molecular weight excluding hydrogens is 356 g/mol. The second-order valence-corrected chi connectivity index (χ2v) is 7.42. The van der Waals surface area contributed by atoms with Crippen LogP contribution in [0.25, 0.3) is 21.7 Å². The highest BCUT2D eigenvalue weighted by molar-refractivity contribution is 7.98. The fraction of sp³-hybridized carbons (Fsp3) is 0.176. The third kappa shape index (κ3) is 3.10. The zero-order valence-corrected chi connectivity index (χ0v) is 15.2. The lowest BCUT2D eigenvalue weighted by molar-refractivity contribution is 0.466. The molecule has 3 aromatic heterocycles. The number of thioether (sulfide) groups is 1. The average molecular weight is 370 g/mol.